The summed E-state index contributed by atoms with van der Waals surface area (Å²) < 4.78 is 0. The van der Waals surface area contributed by atoms with Crippen molar-refractivity contribution in [1.29, 1.82) is 0 Å². The van der Waals surface area contributed by atoms with E-state index in [9.17, 15) is 19.7 Å². The van der Waals surface area contributed by atoms with Crippen LogP contribution >= 0.6 is 0 Å². The van der Waals surface area contributed by atoms with Gasteiger partial charge in [-0.1, -0.05) is 12.1 Å². The van der Waals surface area contributed by atoms with Gasteiger partial charge in [-0.3, -0.25) is 19.7 Å². The number of non-ortho nitro benzene ring substituents is 1. The molecule has 0 unspecified atom stereocenters. The van der Waals surface area contributed by atoms with Gasteiger partial charge in [0.25, 0.3) is 11.6 Å². The first-order valence-corrected chi connectivity index (χ1v) is 6.39. The van der Waals surface area contributed by atoms with Gasteiger partial charge in [0.05, 0.1) is 11.3 Å². The summed E-state index contributed by atoms with van der Waals surface area (Å²) >= 11 is 0. The molecule has 7 nitrogen and oxygen atoms in total. The Morgan fingerprint density at radius 2 is 1.64 bits per heavy atom. The molecule has 0 saturated carbocycles. The lowest BCUT2D eigenvalue weighted by Gasteiger charge is -2.06. The van der Waals surface area contributed by atoms with E-state index in [0.717, 1.165) is 5.56 Å². The molecule has 0 aromatic heterocycles. The summed E-state index contributed by atoms with van der Waals surface area (Å²) in [5.41, 5.74) is 6.63. The number of nitro groups is 1. The normalized spacial score (nSPS) is 10.0. The number of primary amides is 1. The number of rotatable bonds is 5. The van der Waals surface area contributed by atoms with Gasteiger partial charge < -0.3 is 11.1 Å². The predicted molar refractivity (Wildman–Crippen MR) is 80.4 cm³/mol. The van der Waals surface area contributed by atoms with Crippen molar-refractivity contribution in [2.24, 2.45) is 5.73 Å². The van der Waals surface area contributed by atoms with E-state index in [4.69, 9.17) is 5.73 Å². The highest BCUT2D eigenvalue weighted by atomic mass is 16.6. The fraction of sp³-hybridized carbons (Fsp3) is 0.0667. The molecule has 0 aliphatic rings. The van der Waals surface area contributed by atoms with Crippen LogP contribution in [-0.2, 0) is 11.2 Å². The lowest BCUT2D eigenvalue weighted by atomic mass is 10.1. The summed E-state index contributed by atoms with van der Waals surface area (Å²) in [6.45, 7) is 0. The van der Waals surface area contributed by atoms with Crippen molar-refractivity contribution in [3.8, 4) is 0 Å². The molecule has 22 heavy (non-hydrogen) atoms. The van der Waals surface area contributed by atoms with Crippen molar-refractivity contribution in [1.82, 2.24) is 0 Å². The Morgan fingerprint density at radius 1 is 1.05 bits per heavy atom. The van der Waals surface area contributed by atoms with Crippen LogP contribution in [0.25, 0.3) is 0 Å². The zero-order chi connectivity index (χ0) is 16.1. The van der Waals surface area contributed by atoms with Crippen molar-refractivity contribution in [2.45, 2.75) is 6.42 Å². The fourth-order valence-electron chi connectivity index (χ4n) is 1.84. The smallest absolute Gasteiger partial charge is 0.269 e. The second-order valence-corrected chi connectivity index (χ2v) is 4.60. The van der Waals surface area contributed by atoms with Crippen LogP contribution in [-0.4, -0.2) is 16.7 Å². The van der Waals surface area contributed by atoms with E-state index in [0.29, 0.717) is 11.3 Å². The SMILES string of the molecule is NC(=O)Cc1ccc(NC(=O)c2ccc([N+](=O)[O-])cc2)cc1. The van der Waals surface area contributed by atoms with Crippen molar-refractivity contribution in [2.75, 3.05) is 5.32 Å². The maximum absolute atomic E-state index is 12.0. The lowest BCUT2D eigenvalue weighted by Crippen LogP contribution is -2.14. The molecule has 3 N–H and O–H groups in total. The molecular weight excluding hydrogens is 286 g/mol. The number of benzene rings is 2. The number of nitro benzene ring substituents is 1. The van der Waals surface area contributed by atoms with Gasteiger partial charge in [-0.15, -0.1) is 0 Å². The quantitative estimate of drug-likeness (QED) is 0.647. The van der Waals surface area contributed by atoms with Gasteiger partial charge in [-0.2, -0.15) is 0 Å². The summed E-state index contributed by atoms with van der Waals surface area (Å²) in [5.74, 6) is -0.805. The number of carbonyl (C=O) groups excluding carboxylic acids is 2. The molecule has 2 aromatic rings. The predicted octanol–water partition coefficient (Wildman–Crippen LogP) is 1.87. The lowest BCUT2D eigenvalue weighted by molar-refractivity contribution is -0.384. The van der Waals surface area contributed by atoms with Crippen molar-refractivity contribution in [3.63, 3.8) is 0 Å². The van der Waals surface area contributed by atoms with Crippen LogP contribution in [0.15, 0.2) is 48.5 Å². The monoisotopic (exact) mass is 299 g/mol. The second kappa shape index (κ2) is 6.49. The largest absolute Gasteiger partial charge is 0.369 e. The second-order valence-electron chi connectivity index (χ2n) is 4.60. The fourth-order valence-corrected chi connectivity index (χ4v) is 1.84. The van der Waals surface area contributed by atoms with Crippen LogP contribution in [0.2, 0.25) is 0 Å². The van der Waals surface area contributed by atoms with Crippen LogP contribution in [0.1, 0.15) is 15.9 Å². The van der Waals surface area contributed by atoms with Crippen molar-refractivity contribution >= 4 is 23.2 Å². The molecular formula is C15H13N3O4. The number of amides is 2. The molecule has 2 aromatic carbocycles. The minimum Gasteiger partial charge on any atom is -0.369 e. The first-order valence-electron chi connectivity index (χ1n) is 6.39. The third-order valence-corrected chi connectivity index (χ3v) is 2.93. The highest BCUT2D eigenvalue weighted by Crippen LogP contribution is 2.15. The molecule has 0 atom stereocenters. The number of nitrogens with one attached hydrogen (secondary N) is 1. The third-order valence-electron chi connectivity index (χ3n) is 2.93. The van der Waals surface area contributed by atoms with Crippen molar-refractivity contribution < 1.29 is 14.5 Å². The van der Waals surface area contributed by atoms with Gasteiger partial charge >= 0.3 is 0 Å². The maximum atomic E-state index is 12.0. The molecule has 0 fully saturated rings. The molecule has 2 amide bonds. The highest BCUT2D eigenvalue weighted by molar-refractivity contribution is 6.04. The Labute approximate surface area is 125 Å². The Bertz CT molecular complexity index is 709. The number of hydrogen-bond donors (Lipinski definition) is 2. The molecule has 0 heterocycles. The van der Waals surface area contributed by atoms with Gasteiger partial charge in [0, 0.05) is 23.4 Å². The molecule has 0 aliphatic carbocycles. The Hall–Kier alpha value is -3.22. The summed E-state index contributed by atoms with van der Waals surface area (Å²) in [4.78, 5) is 32.8. The molecule has 0 radical (unpaired) electrons. The van der Waals surface area contributed by atoms with E-state index in [1.807, 2.05) is 0 Å². The zero-order valence-corrected chi connectivity index (χ0v) is 11.5. The van der Waals surface area contributed by atoms with Gasteiger partial charge in [0.1, 0.15) is 0 Å². The first-order chi connectivity index (χ1) is 10.5. The van der Waals surface area contributed by atoms with E-state index in [-0.39, 0.29) is 18.0 Å². The molecule has 2 rings (SSSR count). The minimum atomic E-state index is -0.529. The minimum absolute atomic E-state index is 0.0765. The van der Waals surface area contributed by atoms with Crippen LogP contribution < -0.4 is 11.1 Å². The maximum Gasteiger partial charge on any atom is 0.269 e. The summed E-state index contributed by atoms with van der Waals surface area (Å²) in [6, 6.07) is 12.0. The van der Waals surface area contributed by atoms with Crippen LogP contribution in [0.3, 0.4) is 0 Å². The van der Waals surface area contributed by atoms with E-state index in [1.165, 1.54) is 24.3 Å². The van der Waals surface area contributed by atoms with Gasteiger partial charge in [-0.25, -0.2) is 0 Å². The van der Waals surface area contributed by atoms with Gasteiger partial charge in [0.2, 0.25) is 5.91 Å². The van der Waals surface area contributed by atoms with Crippen molar-refractivity contribution in [3.05, 3.63) is 69.8 Å². The van der Waals surface area contributed by atoms with E-state index >= 15 is 0 Å². The zero-order valence-electron chi connectivity index (χ0n) is 11.5. The van der Waals surface area contributed by atoms with Crippen LogP contribution in [0, 0.1) is 10.1 Å². The van der Waals surface area contributed by atoms with E-state index < -0.39 is 10.8 Å². The molecule has 0 aliphatic heterocycles. The summed E-state index contributed by atoms with van der Waals surface area (Å²) in [7, 11) is 0. The number of anilines is 1. The number of carbonyl (C=O) groups is 2. The Balaban J connectivity index is 2.05. The molecule has 0 spiro atoms. The van der Waals surface area contributed by atoms with Crippen LogP contribution in [0.5, 0.6) is 0 Å². The first kappa shape index (κ1) is 15.2. The van der Waals surface area contributed by atoms with Crippen LogP contribution in [0.4, 0.5) is 11.4 Å². The Morgan fingerprint density at radius 3 is 2.14 bits per heavy atom. The number of hydrogen-bond acceptors (Lipinski definition) is 4. The molecule has 112 valence electrons. The van der Waals surface area contributed by atoms with E-state index in [1.54, 1.807) is 24.3 Å². The molecule has 7 heteroatoms. The van der Waals surface area contributed by atoms with Gasteiger partial charge in [-0.05, 0) is 29.8 Å². The third kappa shape index (κ3) is 3.89. The number of nitrogens with zero attached hydrogens (tertiary/aromatic N) is 1. The standard InChI is InChI=1S/C15H13N3O4/c16-14(19)9-10-1-5-12(6-2-10)17-15(20)11-3-7-13(8-4-11)18(21)22/h1-8H,9H2,(H2,16,19)(H,17,20). The number of nitrogens with two attached hydrogens (primary N) is 1. The Kier molecular flexibility index (Phi) is 4.47. The average Bonchev–Trinajstić information content (AvgIpc) is 2.49. The summed E-state index contributed by atoms with van der Waals surface area (Å²) in [5, 5.41) is 13.2. The molecule has 0 bridgehead atoms. The van der Waals surface area contributed by atoms with E-state index in [2.05, 4.69) is 5.32 Å². The summed E-state index contributed by atoms with van der Waals surface area (Å²) in [6.07, 6.45) is 0.135. The molecule has 0 saturated heterocycles. The van der Waals surface area contributed by atoms with Gasteiger partial charge in [0.15, 0.2) is 0 Å². The average molecular weight is 299 g/mol. The highest BCUT2D eigenvalue weighted by Gasteiger charge is 2.09. The topological polar surface area (TPSA) is 115 Å².